The second kappa shape index (κ2) is 14.7. The van der Waals surface area contributed by atoms with Gasteiger partial charge in [-0.2, -0.15) is 0 Å². The molecule has 240 valence electrons. The minimum absolute atomic E-state index is 0.0704. The van der Waals surface area contributed by atoms with Crippen LogP contribution in [0.2, 0.25) is 0 Å². The summed E-state index contributed by atoms with van der Waals surface area (Å²) in [4.78, 5) is 0. The average molecular weight is 640 g/mol. The predicted molar refractivity (Wildman–Crippen MR) is 223 cm³/mol. The van der Waals surface area contributed by atoms with Crippen LogP contribution in [-0.4, -0.2) is 20.1 Å². The average Bonchev–Trinajstić information content (AvgIpc) is 3.13. The van der Waals surface area contributed by atoms with E-state index < -0.39 is 0 Å². The Morgan fingerprint density at radius 3 is 0.640 bits per heavy atom. The van der Waals surface area contributed by atoms with Crippen LogP contribution >= 0.6 is 0 Å². The molecule has 0 saturated heterocycles. The molecule has 0 aliphatic heterocycles. The van der Waals surface area contributed by atoms with E-state index in [-0.39, 0.29) is 20.1 Å². The maximum Gasteiger partial charge on any atom is 0.241 e. The minimum atomic E-state index is 0.0704. The normalized spacial score (nSPS) is 10.9. The fourth-order valence-electron chi connectivity index (χ4n) is 7.37. The van der Waals surface area contributed by atoms with E-state index in [0.29, 0.717) is 0 Å². The minimum Gasteiger partial charge on any atom is -0.0717 e. The van der Waals surface area contributed by atoms with E-state index in [1.165, 1.54) is 77.0 Å². The molecule has 0 bridgehead atoms. The lowest BCUT2D eigenvalue weighted by Gasteiger charge is -2.24. The molecule has 0 heterocycles. The highest BCUT2D eigenvalue weighted by molar-refractivity contribution is 7.00. The summed E-state index contributed by atoms with van der Waals surface area (Å²) >= 11 is 0. The molecule has 7 aromatic carbocycles. The second-order valence-corrected chi connectivity index (χ2v) is 14.2. The van der Waals surface area contributed by atoms with Gasteiger partial charge in [0, 0.05) is 0 Å². The van der Waals surface area contributed by atoms with E-state index in [1.54, 1.807) is 0 Å². The van der Waals surface area contributed by atoms with Crippen LogP contribution in [-0.2, 0) is 0 Å². The van der Waals surface area contributed by atoms with Gasteiger partial charge in [-0.1, -0.05) is 247 Å². The van der Waals surface area contributed by atoms with Crippen LogP contribution in [0, 0.1) is 34.6 Å². The Bertz CT molecular complexity index is 1960. The summed E-state index contributed by atoms with van der Waals surface area (Å²) < 4.78 is 0. The first kappa shape index (κ1) is 33.2. The zero-order valence-corrected chi connectivity index (χ0v) is 29.9. The number of rotatable bonds is 9. The van der Waals surface area contributed by atoms with Gasteiger partial charge in [0.2, 0.25) is 20.1 Å². The van der Waals surface area contributed by atoms with Crippen LogP contribution in [0.1, 0.15) is 27.8 Å². The van der Waals surface area contributed by atoms with Crippen LogP contribution in [0.15, 0.2) is 170 Å². The van der Waals surface area contributed by atoms with Gasteiger partial charge >= 0.3 is 0 Å². The summed E-state index contributed by atoms with van der Waals surface area (Å²) in [5.41, 5.74) is 18.1. The Morgan fingerprint density at radius 2 is 0.420 bits per heavy atom. The molecule has 0 fully saturated rings. The quantitative estimate of drug-likeness (QED) is 0.200. The summed E-state index contributed by atoms with van der Waals surface area (Å²) in [6.07, 6.45) is 0. The summed E-state index contributed by atoms with van der Waals surface area (Å²) in [6, 6.07) is 64.2. The fourth-order valence-corrected chi connectivity index (χ4v) is 7.37. The van der Waals surface area contributed by atoms with Crippen molar-refractivity contribution >= 4 is 69.3 Å². The van der Waals surface area contributed by atoms with Crippen LogP contribution in [0.25, 0.3) is 0 Å². The van der Waals surface area contributed by atoms with Gasteiger partial charge in [0.25, 0.3) is 0 Å². The first-order valence-electron chi connectivity index (χ1n) is 17.8. The molecule has 7 rings (SSSR count). The van der Waals surface area contributed by atoms with E-state index in [1.807, 2.05) is 0 Å². The van der Waals surface area contributed by atoms with E-state index in [9.17, 15) is 0 Å². The molecule has 0 amide bonds. The highest BCUT2D eigenvalue weighted by Gasteiger charge is 2.30. The molecule has 3 heteroatoms. The van der Waals surface area contributed by atoms with Gasteiger partial charge in [0.1, 0.15) is 0 Å². The van der Waals surface area contributed by atoms with Gasteiger partial charge in [-0.3, -0.25) is 0 Å². The smallest absolute Gasteiger partial charge is 0.0717 e. The molecule has 50 heavy (non-hydrogen) atoms. The van der Waals surface area contributed by atoms with Gasteiger partial charge in [-0.15, -0.1) is 0 Å². The molecule has 0 atom stereocenters. The van der Waals surface area contributed by atoms with Gasteiger partial charge in [-0.05, 0) is 34.6 Å². The van der Waals surface area contributed by atoms with Crippen molar-refractivity contribution in [3.05, 3.63) is 198 Å². The molecule has 0 spiro atoms. The zero-order chi connectivity index (χ0) is 34.6. The van der Waals surface area contributed by atoms with Crippen molar-refractivity contribution in [3.8, 4) is 0 Å². The topological polar surface area (TPSA) is 0 Å². The number of aryl methyl sites for hydroxylation is 5. The summed E-state index contributed by atoms with van der Waals surface area (Å²) in [5.74, 6) is 0. The molecule has 0 aliphatic rings. The Balaban J connectivity index is 1.53. The van der Waals surface area contributed by atoms with Gasteiger partial charge < -0.3 is 0 Å². The molecule has 0 nitrogen and oxygen atoms in total. The molecule has 0 N–H and O–H groups in total. The SMILES string of the molecule is Cc1ccc(B(c2ccccc2)c2cc(B(c3ccc(C)cc3)c3ccc(C)cc3)cc(B(c3ccc(C)cc3)c3ccc(C)cc3)c2)cc1. The van der Waals surface area contributed by atoms with E-state index in [4.69, 9.17) is 0 Å². The van der Waals surface area contributed by atoms with Gasteiger partial charge in [-0.25, -0.2) is 0 Å². The molecule has 0 aliphatic carbocycles. The molecular formula is C47H43B3. The van der Waals surface area contributed by atoms with Crippen molar-refractivity contribution < 1.29 is 0 Å². The second-order valence-electron chi connectivity index (χ2n) is 14.2. The number of benzene rings is 7. The lowest BCUT2D eigenvalue weighted by atomic mass is 9.30. The van der Waals surface area contributed by atoms with E-state index in [0.717, 1.165) is 0 Å². The first-order chi connectivity index (χ1) is 24.3. The Morgan fingerprint density at radius 1 is 0.220 bits per heavy atom. The lowest BCUT2D eigenvalue weighted by molar-refractivity contribution is 1.48. The molecule has 0 unspecified atom stereocenters. The highest BCUT2D eigenvalue weighted by Crippen LogP contribution is 2.05. The van der Waals surface area contributed by atoms with Gasteiger partial charge in [0.05, 0.1) is 0 Å². The molecular weight excluding hydrogens is 597 g/mol. The van der Waals surface area contributed by atoms with Crippen molar-refractivity contribution in [1.29, 1.82) is 0 Å². The number of hydrogen-bond acceptors (Lipinski definition) is 0. The van der Waals surface area contributed by atoms with Crippen molar-refractivity contribution in [3.63, 3.8) is 0 Å². The first-order valence-corrected chi connectivity index (χ1v) is 17.8. The Hall–Kier alpha value is -5.27. The molecule has 0 aromatic heterocycles. The maximum absolute atomic E-state index is 2.50. The fraction of sp³-hybridized carbons (Fsp3) is 0.106. The van der Waals surface area contributed by atoms with Gasteiger partial charge in [0.15, 0.2) is 0 Å². The summed E-state index contributed by atoms with van der Waals surface area (Å²) in [6.45, 7) is 11.1. The third-order valence-electron chi connectivity index (χ3n) is 10.2. The zero-order valence-electron chi connectivity index (χ0n) is 29.9. The Labute approximate surface area is 300 Å². The van der Waals surface area contributed by atoms with Crippen molar-refractivity contribution in [2.45, 2.75) is 34.6 Å². The van der Waals surface area contributed by atoms with Crippen LogP contribution in [0.5, 0.6) is 0 Å². The molecule has 0 saturated carbocycles. The molecule has 7 aromatic rings. The maximum atomic E-state index is 2.50. The number of hydrogen-bond donors (Lipinski definition) is 0. The third-order valence-corrected chi connectivity index (χ3v) is 10.2. The van der Waals surface area contributed by atoms with Crippen molar-refractivity contribution in [2.75, 3.05) is 0 Å². The summed E-state index contributed by atoms with van der Waals surface area (Å²) in [7, 11) is 0. The van der Waals surface area contributed by atoms with E-state index in [2.05, 4.69) is 204 Å². The monoisotopic (exact) mass is 640 g/mol. The standard InChI is InChI=1S/C47H43B3/c1-34-11-21-40(22-12-34)48(39-9-7-6-8-10-39)45-31-46(49(41-23-13-35(2)14-24-41)42-25-15-36(3)16-26-42)33-47(32-45)50(43-27-17-37(4)18-28-43)44-29-19-38(5)20-30-44/h6-33H,1-5H3. The van der Waals surface area contributed by atoms with Crippen molar-refractivity contribution in [2.24, 2.45) is 0 Å². The largest absolute Gasteiger partial charge is 0.241 e. The van der Waals surface area contributed by atoms with Crippen LogP contribution in [0.3, 0.4) is 0 Å². The van der Waals surface area contributed by atoms with Crippen LogP contribution < -0.4 is 49.2 Å². The van der Waals surface area contributed by atoms with Crippen LogP contribution in [0.4, 0.5) is 0 Å². The predicted octanol–water partition coefficient (Wildman–Crippen LogP) is 4.78. The van der Waals surface area contributed by atoms with Crippen molar-refractivity contribution in [1.82, 2.24) is 0 Å². The molecule has 0 radical (unpaired) electrons. The highest BCUT2D eigenvalue weighted by atomic mass is 14.1. The summed E-state index contributed by atoms with van der Waals surface area (Å²) in [5, 5.41) is 0. The Kier molecular flexibility index (Phi) is 9.77. The van der Waals surface area contributed by atoms with E-state index >= 15 is 0 Å². The third kappa shape index (κ3) is 7.34. The lowest BCUT2D eigenvalue weighted by Crippen LogP contribution is -2.61.